The maximum atomic E-state index is 12.8. The Balaban J connectivity index is 1.61. The van der Waals surface area contributed by atoms with E-state index in [-0.39, 0.29) is 11.6 Å². The Hall–Kier alpha value is -3.66. The number of hydrogen-bond acceptors (Lipinski definition) is 5. The van der Waals surface area contributed by atoms with Gasteiger partial charge in [0.15, 0.2) is 0 Å². The third kappa shape index (κ3) is 3.21. The maximum Gasteiger partial charge on any atom is 0.331 e. The Labute approximate surface area is 161 Å². The van der Waals surface area contributed by atoms with Gasteiger partial charge in [-0.3, -0.25) is 19.8 Å². The molecule has 1 saturated carbocycles. The minimum Gasteiger partial charge on any atom is -0.457 e. The fraction of sp³-hybridized carbons (Fsp3) is 0.238. The zero-order valence-electron chi connectivity index (χ0n) is 15.0. The molecule has 1 N–H and O–H groups in total. The van der Waals surface area contributed by atoms with Crippen LogP contribution in [0.3, 0.4) is 0 Å². The van der Waals surface area contributed by atoms with Gasteiger partial charge < -0.3 is 4.42 Å². The summed E-state index contributed by atoms with van der Waals surface area (Å²) in [4.78, 5) is 38.3. The van der Waals surface area contributed by atoms with Crippen LogP contribution in [0.2, 0.25) is 0 Å². The van der Waals surface area contributed by atoms with E-state index >= 15 is 0 Å². The van der Waals surface area contributed by atoms with E-state index in [1.807, 2.05) is 0 Å². The van der Waals surface area contributed by atoms with Crippen LogP contribution in [0.25, 0.3) is 17.4 Å². The molecule has 2 aliphatic rings. The summed E-state index contributed by atoms with van der Waals surface area (Å²) in [5.41, 5.74) is 1.19. The molecule has 2 heterocycles. The second-order valence-electron chi connectivity index (χ2n) is 6.82. The van der Waals surface area contributed by atoms with Crippen LogP contribution in [0, 0.1) is 11.3 Å². The van der Waals surface area contributed by atoms with Crippen LogP contribution in [0.15, 0.2) is 46.4 Å². The van der Waals surface area contributed by atoms with E-state index in [0.717, 1.165) is 36.1 Å². The van der Waals surface area contributed by atoms with Crippen molar-refractivity contribution in [3.8, 4) is 17.4 Å². The third-order valence-electron chi connectivity index (χ3n) is 5.03. The Morgan fingerprint density at radius 3 is 2.46 bits per heavy atom. The Bertz CT molecular complexity index is 1020. The standard InChI is InChI=1S/C21H17N3O4/c22-12-13-5-7-14(8-6-13)18-10-9-16(28-18)11-17-19(25)23-21(27)24(20(17)26)15-3-1-2-4-15/h5-11,15H,1-4H2,(H,23,25,27)/b17-11+. The summed E-state index contributed by atoms with van der Waals surface area (Å²) in [5.74, 6) is -0.431. The minimum absolute atomic E-state index is 0.118. The van der Waals surface area contributed by atoms with Crippen molar-refractivity contribution in [2.45, 2.75) is 31.7 Å². The molecular formula is C21H17N3O4. The molecule has 0 spiro atoms. The summed E-state index contributed by atoms with van der Waals surface area (Å²) in [5, 5.41) is 11.1. The van der Waals surface area contributed by atoms with Gasteiger partial charge in [-0.25, -0.2) is 4.79 Å². The smallest absolute Gasteiger partial charge is 0.331 e. The summed E-state index contributed by atoms with van der Waals surface area (Å²) in [6, 6.07) is 11.5. The molecule has 1 aromatic heterocycles. The zero-order chi connectivity index (χ0) is 19.7. The highest BCUT2D eigenvalue weighted by Gasteiger charge is 2.40. The second kappa shape index (κ2) is 7.16. The zero-order valence-corrected chi connectivity index (χ0v) is 15.0. The van der Waals surface area contributed by atoms with Gasteiger partial charge in [-0.05, 0) is 55.3 Å². The van der Waals surface area contributed by atoms with Crippen LogP contribution in [0.4, 0.5) is 4.79 Å². The topological polar surface area (TPSA) is 103 Å². The van der Waals surface area contributed by atoms with E-state index in [1.54, 1.807) is 36.4 Å². The van der Waals surface area contributed by atoms with Crippen LogP contribution in [0.5, 0.6) is 0 Å². The third-order valence-corrected chi connectivity index (χ3v) is 5.03. The number of imide groups is 2. The van der Waals surface area contributed by atoms with Crippen molar-refractivity contribution in [1.29, 1.82) is 5.26 Å². The van der Waals surface area contributed by atoms with Crippen LogP contribution in [-0.4, -0.2) is 28.8 Å². The first-order chi connectivity index (χ1) is 13.6. The fourth-order valence-corrected chi connectivity index (χ4v) is 3.60. The van der Waals surface area contributed by atoms with Crippen LogP contribution >= 0.6 is 0 Å². The Morgan fingerprint density at radius 2 is 1.79 bits per heavy atom. The van der Waals surface area contributed by atoms with Gasteiger partial charge in [-0.1, -0.05) is 12.8 Å². The molecule has 0 unspecified atom stereocenters. The molecule has 0 atom stereocenters. The highest BCUT2D eigenvalue weighted by atomic mass is 16.3. The van der Waals surface area contributed by atoms with Crippen molar-refractivity contribution in [1.82, 2.24) is 10.2 Å². The van der Waals surface area contributed by atoms with Gasteiger partial charge in [-0.15, -0.1) is 0 Å². The molecule has 28 heavy (non-hydrogen) atoms. The molecule has 4 amide bonds. The number of nitriles is 1. The van der Waals surface area contributed by atoms with Gasteiger partial charge >= 0.3 is 6.03 Å². The number of furan rings is 1. The quantitative estimate of drug-likeness (QED) is 0.655. The van der Waals surface area contributed by atoms with Crippen molar-refractivity contribution < 1.29 is 18.8 Å². The molecule has 4 rings (SSSR count). The molecule has 1 aliphatic heterocycles. The summed E-state index contributed by atoms with van der Waals surface area (Å²) in [6.07, 6.45) is 4.79. The van der Waals surface area contributed by atoms with E-state index in [0.29, 0.717) is 17.1 Å². The monoisotopic (exact) mass is 375 g/mol. The lowest BCUT2D eigenvalue weighted by molar-refractivity contribution is -0.131. The average molecular weight is 375 g/mol. The first-order valence-corrected chi connectivity index (χ1v) is 9.08. The molecule has 2 aromatic rings. The largest absolute Gasteiger partial charge is 0.457 e. The number of rotatable bonds is 3. The van der Waals surface area contributed by atoms with E-state index in [2.05, 4.69) is 11.4 Å². The van der Waals surface area contributed by atoms with Gasteiger partial charge in [0.1, 0.15) is 17.1 Å². The van der Waals surface area contributed by atoms with Gasteiger partial charge in [0.25, 0.3) is 11.8 Å². The number of nitrogens with zero attached hydrogens (tertiary/aromatic N) is 2. The van der Waals surface area contributed by atoms with Gasteiger partial charge in [0.2, 0.25) is 0 Å². The molecule has 7 heteroatoms. The van der Waals surface area contributed by atoms with Crippen molar-refractivity contribution in [2.24, 2.45) is 0 Å². The van der Waals surface area contributed by atoms with Crippen LogP contribution < -0.4 is 5.32 Å². The van der Waals surface area contributed by atoms with Crippen LogP contribution in [-0.2, 0) is 9.59 Å². The maximum absolute atomic E-state index is 12.8. The van der Waals surface area contributed by atoms with Crippen molar-refractivity contribution >= 4 is 23.9 Å². The summed E-state index contributed by atoms with van der Waals surface area (Å²) < 4.78 is 5.74. The number of benzene rings is 1. The lowest BCUT2D eigenvalue weighted by Crippen LogP contribution is -2.57. The molecule has 0 radical (unpaired) electrons. The molecular weight excluding hydrogens is 358 g/mol. The number of amides is 4. The SMILES string of the molecule is N#Cc1ccc(-c2ccc(/C=C3\C(=O)NC(=O)N(C4CCCC4)C3=O)o2)cc1. The molecule has 1 aliphatic carbocycles. The van der Waals surface area contributed by atoms with Gasteiger partial charge in [-0.2, -0.15) is 5.26 Å². The van der Waals surface area contributed by atoms with Gasteiger partial charge in [0.05, 0.1) is 11.6 Å². The molecule has 0 bridgehead atoms. The number of nitrogens with one attached hydrogen (secondary N) is 1. The summed E-state index contributed by atoms with van der Waals surface area (Å²) in [6.45, 7) is 0. The highest BCUT2D eigenvalue weighted by Crippen LogP contribution is 2.28. The van der Waals surface area contributed by atoms with Crippen LogP contribution in [0.1, 0.15) is 37.0 Å². The second-order valence-corrected chi connectivity index (χ2v) is 6.82. The summed E-state index contributed by atoms with van der Waals surface area (Å²) >= 11 is 0. The normalized spacial score (nSPS) is 19.2. The van der Waals surface area contributed by atoms with E-state index in [4.69, 9.17) is 9.68 Å². The van der Waals surface area contributed by atoms with E-state index in [9.17, 15) is 14.4 Å². The molecule has 140 valence electrons. The number of urea groups is 1. The van der Waals surface area contributed by atoms with Crippen molar-refractivity contribution in [3.05, 3.63) is 53.3 Å². The predicted molar refractivity (Wildman–Crippen MR) is 99.5 cm³/mol. The lowest BCUT2D eigenvalue weighted by Gasteiger charge is -2.30. The number of carbonyl (C=O) groups excluding carboxylic acids is 3. The number of carbonyl (C=O) groups is 3. The highest BCUT2D eigenvalue weighted by molar-refractivity contribution is 6.31. The Kier molecular flexibility index (Phi) is 4.53. The first-order valence-electron chi connectivity index (χ1n) is 9.08. The average Bonchev–Trinajstić information content (AvgIpc) is 3.37. The first kappa shape index (κ1) is 17.7. The number of hydrogen-bond donors (Lipinski definition) is 1. The fourth-order valence-electron chi connectivity index (χ4n) is 3.60. The Morgan fingerprint density at radius 1 is 1.07 bits per heavy atom. The minimum atomic E-state index is -0.722. The van der Waals surface area contributed by atoms with E-state index < -0.39 is 17.8 Å². The molecule has 7 nitrogen and oxygen atoms in total. The summed E-state index contributed by atoms with van der Waals surface area (Å²) in [7, 11) is 0. The molecule has 2 fully saturated rings. The lowest BCUT2D eigenvalue weighted by atomic mass is 10.1. The van der Waals surface area contributed by atoms with Gasteiger partial charge in [0, 0.05) is 11.6 Å². The number of barbiturate groups is 1. The van der Waals surface area contributed by atoms with E-state index in [1.165, 1.54) is 6.08 Å². The van der Waals surface area contributed by atoms with Crippen molar-refractivity contribution in [2.75, 3.05) is 0 Å². The molecule has 1 aromatic carbocycles. The molecule has 1 saturated heterocycles. The predicted octanol–water partition coefficient (Wildman–Crippen LogP) is 3.22. The van der Waals surface area contributed by atoms with Crippen molar-refractivity contribution in [3.63, 3.8) is 0 Å².